The van der Waals surface area contributed by atoms with Gasteiger partial charge >= 0.3 is 5.97 Å². The molecule has 1 fully saturated rings. The van der Waals surface area contributed by atoms with E-state index in [4.69, 9.17) is 21.1 Å². The number of anilines is 1. The van der Waals surface area contributed by atoms with Crippen LogP contribution in [0.4, 0.5) is 10.1 Å². The summed E-state index contributed by atoms with van der Waals surface area (Å²) in [7, 11) is -3.85. The van der Waals surface area contributed by atoms with Crippen molar-refractivity contribution >= 4 is 39.2 Å². The van der Waals surface area contributed by atoms with Crippen molar-refractivity contribution in [2.45, 2.75) is 17.9 Å². The van der Waals surface area contributed by atoms with Crippen LogP contribution in [0.2, 0.25) is 5.02 Å². The van der Waals surface area contributed by atoms with E-state index in [1.807, 2.05) is 0 Å². The Hall–Kier alpha value is -2.53. The minimum absolute atomic E-state index is 0.0166. The number of carbonyl (C=O) groups excluding carboxylic acids is 2. The zero-order chi connectivity index (χ0) is 22.6. The monoisotopic (exact) mass is 470 g/mol. The smallest absolute Gasteiger partial charge is 0.340 e. The van der Waals surface area contributed by atoms with E-state index in [-0.39, 0.29) is 41.8 Å². The lowest BCUT2D eigenvalue weighted by atomic mass is 10.2. The second-order valence-electron chi connectivity index (χ2n) is 6.70. The third-order valence-corrected chi connectivity index (χ3v) is 6.75. The number of hydrogen-bond donors (Lipinski definition) is 1. The molecule has 3 rings (SSSR count). The van der Waals surface area contributed by atoms with Crippen LogP contribution in [0.15, 0.2) is 47.4 Å². The molecule has 11 heteroatoms. The molecule has 2 aromatic rings. The summed E-state index contributed by atoms with van der Waals surface area (Å²) in [6.45, 7) is 2.31. The zero-order valence-corrected chi connectivity index (χ0v) is 18.1. The molecule has 0 aromatic heterocycles. The van der Waals surface area contributed by atoms with Gasteiger partial charge in [-0.3, -0.25) is 4.79 Å². The third kappa shape index (κ3) is 5.59. The minimum atomic E-state index is -3.85. The van der Waals surface area contributed by atoms with Crippen molar-refractivity contribution in [1.82, 2.24) is 4.31 Å². The number of benzene rings is 2. The number of rotatable bonds is 6. The lowest BCUT2D eigenvalue weighted by Crippen LogP contribution is -2.40. The van der Waals surface area contributed by atoms with Crippen molar-refractivity contribution in [2.24, 2.45) is 0 Å². The van der Waals surface area contributed by atoms with Crippen molar-refractivity contribution < 1.29 is 31.9 Å². The van der Waals surface area contributed by atoms with Gasteiger partial charge in [-0.2, -0.15) is 4.31 Å². The average Bonchev–Trinajstić information content (AvgIpc) is 2.76. The van der Waals surface area contributed by atoms with E-state index in [0.29, 0.717) is 5.69 Å². The number of ether oxygens (including phenoxy) is 2. The Kier molecular flexibility index (Phi) is 7.26. The number of esters is 1. The van der Waals surface area contributed by atoms with Gasteiger partial charge in [0.05, 0.1) is 28.7 Å². The van der Waals surface area contributed by atoms with Gasteiger partial charge in [-0.1, -0.05) is 11.6 Å². The van der Waals surface area contributed by atoms with Crippen LogP contribution in [-0.2, 0) is 24.3 Å². The van der Waals surface area contributed by atoms with E-state index in [0.717, 1.165) is 6.07 Å². The first-order valence-corrected chi connectivity index (χ1v) is 11.1. The first-order chi connectivity index (χ1) is 14.7. The molecule has 1 saturated heterocycles. The second kappa shape index (κ2) is 9.73. The molecule has 8 nitrogen and oxygen atoms in total. The standard InChI is InChI=1S/C20H20ClFN2O6S/c1-13(19(25)23-15-4-2-14(22)3-5-15)30-20(26)17-12-16(6-7-18(17)21)31(27,28)24-8-10-29-11-9-24/h2-7,12-13H,8-11H2,1H3,(H,23,25). The minimum Gasteiger partial charge on any atom is -0.449 e. The molecular weight excluding hydrogens is 451 g/mol. The topological polar surface area (TPSA) is 102 Å². The van der Waals surface area contributed by atoms with Gasteiger partial charge in [-0.05, 0) is 49.4 Å². The van der Waals surface area contributed by atoms with E-state index in [9.17, 15) is 22.4 Å². The van der Waals surface area contributed by atoms with Crippen LogP contribution in [-0.4, -0.2) is 57.0 Å². The number of nitrogens with zero attached hydrogens (tertiary/aromatic N) is 1. The van der Waals surface area contributed by atoms with Gasteiger partial charge in [-0.15, -0.1) is 0 Å². The Morgan fingerprint density at radius 3 is 2.45 bits per heavy atom. The predicted octanol–water partition coefficient (Wildman–Crippen LogP) is 2.68. The zero-order valence-electron chi connectivity index (χ0n) is 16.5. The Morgan fingerprint density at radius 2 is 1.81 bits per heavy atom. The van der Waals surface area contributed by atoms with E-state index in [1.165, 1.54) is 47.6 Å². The van der Waals surface area contributed by atoms with Crippen LogP contribution < -0.4 is 5.32 Å². The third-order valence-electron chi connectivity index (χ3n) is 4.53. The van der Waals surface area contributed by atoms with Crippen molar-refractivity contribution in [3.05, 3.63) is 58.9 Å². The summed E-state index contributed by atoms with van der Waals surface area (Å²) in [5.74, 6) is -2.06. The molecule has 0 aliphatic carbocycles. The number of morpholine rings is 1. The van der Waals surface area contributed by atoms with Gasteiger partial charge in [0.1, 0.15) is 5.82 Å². The summed E-state index contributed by atoms with van der Waals surface area (Å²) in [5.41, 5.74) is 0.142. The first-order valence-electron chi connectivity index (χ1n) is 9.33. The predicted molar refractivity (Wildman–Crippen MR) is 111 cm³/mol. The summed E-state index contributed by atoms with van der Waals surface area (Å²) < 4.78 is 50.2. The normalized spacial score (nSPS) is 15.8. The van der Waals surface area contributed by atoms with Crippen molar-refractivity contribution in [1.29, 1.82) is 0 Å². The van der Waals surface area contributed by atoms with Crippen molar-refractivity contribution in [3.63, 3.8) is 0 Å². The number of halogens is 2. The van der Waals surface area contributed by atoms with Crippen LogP contribution in [0, 0.1) is 5.82 Å². The molecule has 1 aliphatic heterocycles. The highest BCUT2D eigenvalue weighted by atomic mass is 35.5. The summed E-state index contributed by atoms with van der Waals surface area (Å²) in [6.07, 6.45) is -1.21. The fraction of sp³-hybridized carbons (Fsp3) is 0.300. The van der Waals surface area contributed by atoms with Gasteiger partial charge in [0, 0.05) is 18.8 Å². The highest BCUT2D eigenvalue weighted by molar-refractivity contribution is 7.89. The molecule has 1 unspecified atom stereocenters. The maximum atomic E-state index is 13.0. The number of hydrogen-bond acceptors (Lipinski definition) is 6. The summed E-state index contributed by atoms with van der Waals surface area (Å²) >= 11 is 6.07. The summed E-state index contributed by atoms with van der Waals surface area (Å²) in [6, 6.07) is 8.78. The average molecular weight is 471 g/mol. The molecule has 31 heavy (non-hydrogen) atoms. The Morgan fingerprint density at radius 1 is 1.16 bits per heavy atom. The maximum absolute atomic E-state index is 13.0. The largest absolute Gasteiger partial charge is 0.449 e. The number of amides is 1. The molecule has 166 valence electrons. The van der Waals surface area contributed by atoms with Crippen LogP contribution >= 0.6 is 11.6 Å². The molecule has 0 saturated carbocycles. The molecule has 1 amide bonds. The lowest BCUT2D eigenvalue weighted by Gasteiger charge is -2.26. The highest BCUT2D eigenvalue weighted by Gasteiger charge is 2.28. The van der Waals surface area contributed by atoms with E-state index >= 15 is 0 Å². The SMILES string of the molecule is CC(OC(=O)c1cc(S(=O)(=O)N2CCOCC2)ccc1Cl)C(=O)Nc1ccc(F)cc1. The molecule has 1 N–H and O–H groups in total. The number of carbonyl (C=O) groups is 2. The highest BCUT2D eigenvalue weighted by Crippen LogP contribution is 2.24. The molecule has 0 spiro atoms. The number of nitrogens with one attached hydrogen (secondary N) is 1. The summed E-state index contributed by atoms with van der Waals surface area (Å²) in [5, 5.41) is 2.47. The van der Waals surface area contributed by atoms with Crippen LogP contribution in [0.5, 0.6) is 0 Å². The van der Waals surface area contributed by atoms with E-state index in [2.05, 4.69) is 5.32 Å². The van der Waals surface area contributed by atoms with Gasteiger partial charge in [0.15, 0.2) is 6.10 Å². The molecule has 2 aromatic carbocycles. The number of sulfonamides is 1. The molecule has 1 atom stereocenters. The Balaban J connectivity index is 1.72. The Labute approximate surface area is 183 Å². The van der Waals surface area contributed by atoms with Gasteiger partial charge in [0.25, 0.3) is 5.91 Å². The fourth-order valence-electron chi connectivity index (χ4n) is 2.81. The van der Waals surface area contributed by atoms with Gasteiger partial charge in [0.2, 0.25) is 10.0 Å². The van der Waals surface area contributed by atoms with E-state index < -0.39 is 33.8 Å². The molecule has 1 aliphatic rings. The fourth-order valence-corrected chi connectivity index (χ4v) is 4.44. The molecule has 1 heterocycles. The van der Waals surface area contributed by atoms with E-state index in [1.54, 1.807) is 0 Å². The van der Waals surface area contributed by atoms with Gasteiger partial charge < -0.3 is 14.8 Å². The second-order valence-corrected chi connectivity index (χ2v) is 9.05. The van der Waals surface area contributed by atoms with Crippen LogP contribution in [0.25, 0.3) is 0 Å². The summed E-state index contributed by atoms with van der Waals surface area (Å²) in [4.78, 5) is 24.7. The first kappa shape index (κ1) is 23.1. The quantitative estimate of drug-likeness (QED) is 0.651. The molecular formula is C20H20ClFN2O6S. The Bertz CT molecular complexity index is 1070. The van der Waals surface area contributed by atoms with Crippen molar-refractivity contribution in [2.75, 3.05) is 31.6 Å². The maximum Gasteiger partial charge on any atom is 0.340 e. The van der Waals surface area contributed by atoms with Crippen molar-refractivity contribution in [3.8, 4) is 0 Å². The van der Waals surface area contributed by atoms with Crippen LogP contribution in [0.1, 0.15) is 17.3 Å². The molecule has 0 bridgehead atoms. The molecule has 0 radical (unpaired) electrons. The lowest BCUT2D eigenvalue weighted by molar-refractivity contribution is -0.123. The van der Waals surface area contributed by atoms with Crippen LogP contribution in [0.3, 0.4) is 0 Å². The van der Waals surface area contributed by atoms with Gasteiger partial charge in [-0.25, -0.2) is 17.6 Å².